The van der Waals surface area contributed by atoms with Crippen LogP contribution in [0.15, 0.2) is 12.3 Å². The molecule has 0 bridgehead atoms. The molecule has 1 aliphatic rings. The van der Waals surface area contributed by atoms with Crippen molar-refractivity contribution in [1.29, 1.82) is 0 Å². The zero-order valence-electron chi connectivity index (χ0n) is 11.7. The Balaban J connectivity index is 2.14. The highest BCUT2D eigenvalue weighted by molar-refractivity contribution is 5.33. The molecule has 0 spiro atoms. The van der Waals surface area contributed by atoms with Crippen molar-refractivity contribution in [1.82, 2.24) is 4.98 Å². The molecule has 2 rings (SSSR count). The van der Waals surface area contributed by atoms with E-state index in [4.69, 9.17) is 10.5 Å². The fourth-order valence-electron chi connectivity index (χ4n) is 2.93. The van der Waals surface area contributed by atoms with Crippen LogP contribution in [0, 0.1) is 12.3 Å². The first-order valence-electron chi connectivity index (χ1n) is 6.78. The predicted molar refractivity (Wildman–Crippen MR) is 73.8 cm³/mol. The molecule has 1 aromatic rings. The highest BCUT2D eigenvalue weighted by Gasteiger charge is 2.30. The van der Waals surface area contributed by atoms with Gasteiger partial charge in [0.05, 0.1) is 7.11 Å². The molecule has 1 saturated carbocycles. The Morgan fingerprint density at radius 1 is 1.44 bits per heavy atom. The number of methoxy groups -OCH3 is 1. The summed E-state index contributed by atoms with van der Waals surface area (Å²) in [6.07, 6.45) is 7.69. The zero-order chi connectivity index (χ0) is 13.2. The minimum Gasteiger partial charge on any atom is -0.481 e. The van der Waals surface area contributed by atoms with Crippen molar-refractivity contribution in [3.63, 3.8) is 0 Å². The Kier molecular flexibility index (Phi) is 3.91. The van der Waals surface area contributed by atoms with Gasteiger partial charge in [-0.25, -0.2) is 4.98 Å². The molecule has 1 heterocycles. The molecule has 0 aromatic carbocycles. The number of hydrogen-bond donors (Lipinski definition) is 1. The van der Waals surface area contributed by atoms with Gasteiger partial charge >= 0.3 is 0 Å². The van der Waals surface area contributed by atoms with Crippen molar-refractivity contribution < 1.29 is 4.74 Å². The molecule has 0 radical (unpaired) electrons. The van der Waals surface area contributed by atoms with Gasteiger partial charge in [-0.2, -0.15) is 0 Å². The summed E-state index contributed by atoms with van der Waals surface area (Å²) in [5, 5.41) is 0. The van der Waals surface area contributed by atoms with Gasteiger partial charge in [0, 0.05) is 17.8 Å². The van der Waals surface area contributed by atoms with Crippen molar-refractivity contribution >= 4 is 0 Å². The van der Waals surface area contributed by atoms with Crippen LogP contribution in [0.5, 0.6) is 5.88 Å². The van der Waals surface area contributed by atoms with Gasteiger partial charge < -0.3 is 10.5 Å². The topological polar surface area (TPSA) is 48.1 Å². The van der Waals surface area contributed by atoms with Crippen LogP contribution in [0.25, 0.3) is 0 Å². The molecule has 0 unspecified atom stereocenters. The van der Waals surface area contributed by atoms with E-state index < -0.39 is 0 Å². The number of rotatable bonds is 3. The molecule has 0 atom stereocenters. The molecule has 18 heavy (non-hydrogen) atoms. The van der Waals surface area contributed by atoms with Crippen LogP contribution in [0.4, 0.5) is 0 Å². The second kappa shape index (κ2) is 5.27. The Labute approximate surface area is 110 Å². The van der Waals surface area contributed by atoms with E-state index >= 15 is 0 Å². The summed E-state index contributed by atoms with van der Waals surface area (Å²) in [4.78, 5) is 4.24. The molecular formula is C15H24N2O. The number of ether oxygens (including phenoxy) is 1. The standard InChI is InChI=1S/C15H24N2O/c1-11-12(6-9-17-14(11)18-3)10-15(2)7-4-13(16)5-8-15/h6,9,13H,4-5,7-8,10,16H2,1-3H3. The summed E-state index contributed by atoms with van der Waals surface area (Å²) in [7, 11) is 1.68. The van der Waals surface area contributed by atoms with Gasteiger partial charge in [-0.05, 0) is 56.1 Å². The quantitative estimate of drug-likeness (QED) is 0.894. The molecular weight excluding hydrogens is 224 g/mol. The summed E-state index contributed by atoms with van der Waals surface area (Å²) < 4.78 is 5.29. The first kappa shape index (κ1) is 13.3. The fraction of sp³-hybridized carbons (Fsp3) is 0.667. The van der Waals surface area contributed by atoms with Gasteiger partial charge in [0.1, 0.15) is 0 Å². The third kappa shape index (κ3) is 2.83. The summed E-state index contributed by atoms with van der Waals surface area (Å²) in [6.45, 7) is 4.48. The average molecular weight is 248 g/mol. The van der Waals surface area contributed by atoms with E-state index in [0.29, 0.717) is 11.5 Å². The molecule has 2 N–H and O–H groups in total. The largest absolute Gasteiger partial charge is 0.481 e. The lowest BCUT2D eigenvalue weighted by atomic mass is 9.70. The van der Waals surface area contributed by atoms with E-state index in [0.717, 1.165) is 25.1 Å². The van der Waals surface area contributed by atoms with Gasteiger partial charge in [-0.3, -0.25) is 0 Å². The second-order valence-electron chi connectivity index (χ2n) is 5.93. The van der Waals surface area contributed by atoms with Crippen LogP contribution in [0.1, 0.15) is 43.7 Å². The minimum atomic E-state index is 0.382. The smallest absolute Gasteiger partial charge is 0.216 e. The van der Waals surface area contributed by atoms with Crippen molar-refractivity contribution in [2.24, 2.45) is 11.1 Å². The first-order valence-corrected chi connectivity index (χ1v) is 6.78. The highest BCUT2D eigenvalue weighted by Crippen LogP contribution is 2.39. The van der Waals surface area contributed by atoms with Crippen molar-refractivity contribution in [3.05, 3.63) is 23.4 Å². The molecule has 1 aromatic heterocycles. The Morgan fingerprint density at radius 3 is 2.72 bits per heavy atom. The van der Waals surface area contributed by atoms with Gasteiger partial charge in [-0.1, -0.05) is 6.92 Å². The van der Waals surface area contributed by atoms with Gasteiger partial charge in [0.15, 0.2) is 0 Å². The lowest BCUT2D eigenvalue weighted by Gasteiger charge is -2.36. The van der Waals surface area contributed by atoms with Gasteiger partial charge in [0.2, 0.25) is 5.88 Å². The number of nitrogens with two attached hydrogens (primary N) is 1. The van der Waals surface area contributed by atoms with Crippen molar-refractivity contribution in [2.45, 2.75) is 52.0 Å². The number of hydrogen-bond acceptors (Lipinski definition) is 3. The lowest BCUT2D eigenvalue weighted by molar-refractivity contribution is 0.198. The normalized spacial score (nSPS) is 28.1. The van der Waals surface area contributed by atoms with Crippen LogP contribution >= 0.6 is 0 Å². The maximum absolute atomic E-state index is 5.99. The van der Waals surface area contributed by atoms with Crippen LogP contribution in [0.3, 0.4) is 0 Å². The molecule has 0 saturated heterocycles. The third-order valence-electron chi connectivity index (χ3n) is 4.32. The summed E-state index contributed by atoms with van der Waals surface area (Å²) >= 11 is 0. The summed E-state index contributed by atoms with van der Waals surface area (Å²) in [5.41, 5.74) is 8.91. The Morgan fingerprint density at radius 2 is 2.11 bits per heavy atom. The molecule has 1 aliphatic carbocycles. The van der Waals surface area contributed by atoms with E-state index in [-0.39, 0.29) is 0 Å². The fourth-order valence-corrected chi connectivity index (χ4v) is 2.93. The van der Waals surface area contributed by atoms with Crippen LogP contribution < -0.4 is 10.5 Å². The molecule has 3 nitrogen and oxygen atoms in total. The SMILES string of the molecule is COc1nccc(CC2(C)CCC(N)CC2)c1C. The Hall–Kier alpha value is -1.09. The minimum absolute atomic E-state index is 0.382. The number of nitrogens with zero attached hydrogens (tertiary/aromatic N) is 1. The summed E-state index contributed by atoms with van der Waals surface area (Å²) in [6, 6.07) is 2.53. The van der Waals surface area contributed by atoms with Crippen molar-refractivity contribution in [2.75, 3.05) is 7.11 Å². The maximum Gasteiger partial charge on any atom is 0.216 e. The monoisotopic (exact) mass is 248 g/mol. The Bertz CT molecular complexity index is 409. The molecule has 0 amide bonds. The van der Waals surface area contributed by atoms with Crippen molar-refractivity contribution in [3.8, 4) is 5.88 Å². The molecule has 3 heteroatoms. The maximum atomic E-state index is 5.99. The van der Waals surface area contributed by atoms with Crippen LogP contribution in [-0.4, -0.2) is 18.1 Å². The van der Waals surface area contributed by atoms with E-state index in [2.05, 4.69) is 24.9 Å². The average Bonchev–Trinajstić information content (AvgIpc) is 2.36. The third-order valence-corrected chi connectivity index (χ3v) is 4.32. The number of aromatic nitrogens is 1. The highest BCUT2D eigenvalue weighted by atomic mass is 16.5. The number of pyridine rings is 1. The van der Waals surface area contributed by atoms with E-state index in [9.17, 15) is 0 Å². The lowest BCUT2D eigenvalue weighted by Crippen LogP contribution is -2.33. The van der Waals surface area contributed by atoms with Crippen LogP contribution in [0.2, 0.25) is 0 Å². The zero-order valence-corrected chi connectivity index (χ0v) is 11.7. The van der Waals surface area contributed by atoms with Gasteiger partial charge in [0.25, 0.3) is 0 Å². The van der Waals surface area contributed by atoms with E-state index in [1.165, 1.54) is 24.0 Å². The summed E-state index contributed by atoms with van der Waals surface area (Å²) in [5.74, 6) is 0.753. The predicted octanol–water partition coefficient (Wildman–Crippen LogP) is 2.85. The van der Waals surface area contributed by atoms with Gasteiger partial charge in [-0.15, -0.1) is 0 Å². The molecule has 1 fully saturated rings. The molecule has 100 valence electrons. The molecule has 0 aliphatic heterocycles. The van der Waals surface area contributed by atoms with E-state index in [1.54, 1.807) is 7.11 Å². The second-order valence-corrected chi connectivity index (χ2v) is 5.93. The van der Waals surface area contributed by atoms with E-state index in [1.807, 2.05) is 6.20 Å². The first-order chi connectivity index (χ1) is 8.54. The van der Waals surface area contributed by atoms with Crippen LogP contribution in [-0.2, 0) is 6.42 Å².